The molecule has 1 amide bonds. The van der Waals surface area contributed by atoms with Gasteiger partial charge >= 0.3 is 0 Å². The molecule has 7 aliphatic rings. The van der Waals surface area contributed by atoms with Gasteiger partial charge in [-0.05, 0) is 229 Å². The highest BCUT2D eigenvalue weighted by Crippen LogP contribution is 2.42. The zero-order valence-electron chi connectivity index (χ0n) is 62.6. The number of likely N-dealkylation sites (N-methyl/N-ethyl adjacent to an activating group) is 4. The molecule has 2 saturated heterocycles. The Bertz CT molecular complexity index is 5210. The molecule has 0 aliphatic carbocycles. The number of nitrogens with zero attached hydrogens (tertiary/aromatic N) is 12. The molecule has 4 N–H and O–H groups in total. The van der Waals surface area contributed by atoms with Crippen LogP contribution in [0.2, 0.25) is 0 Å². The maximum Gasteiger partial charge on any atom is 0.290 e. The van der Waals surface area contributed by atoms with Crippen molar-refractivity contribution in [2.24, 2.45) is 0 Å². The first kappa shape index (κ1) is 82.0. The van der Waals surface area contributed by atoms with Crippen LogP contribution in [0.4, 0.5) is 17.1 Å². The number of fused-ring (bicyclic) bond motifs is 6. The number of pyridine rings is 2. The Balaban J connectivity index is 0.000000164. The van der Waals surface area contributed by atoms with E-state index in [1.165, 1.54) is 30.0 Å². The van der Waals surface area contributed by atoms with Crippen LogP contribution >= 0.6 is 0 Å². The van der Waals surface area contributed by atoms with Crippen molar-refractivity contribution in [2.75, 3.05) is 142 Å². The molecule has 32 heteroatoms. The average molecular weight is 1570 g/mol. The number of anilines is 3. The van der Waals surface area contributed by atoms with Gasteiger partial charge < -0.3 is 64.2 Å². The minimum absolute atomic E-state index is 0.0299. The second-order valence-electron chi connectivity index (χ2n) is 27.7. The van der Waals surface area contributed by atoms with Crippen molar-refractivity contribution in [1.82, 2.24) is 41.5 Å². The molecular formula is C78H94N12O17S3. The molecule has 0 atom stereocenters. The first-order valence-corrected chi connectivity index (χ1v) is 40.3. The molecule has 29 nitrogen and oxygen atoms in total. The van der Waals surface area contributed by atoms with Gasteiger partial charge in [-0.1, -0.05) is 18.2 Å². The fraction of sp³-hybridized carbons (Fsp3) is 0.372. The van der Waals surface area contributed by atoms with Crippen molar-refractivity contribution >= 4 is 123 Å². The quantitative estimate of drug-likeness (QED) is 0.0928. The molecule has 0 spiro atoms. The number of ether oxygens (including phenoxy) is 2. The number of amides is 1. The van der Waals surface area contributed by atoms with E-state index in [9.17, 15) is 30.0 Å². The van der Waals surface area contributed by atoms with Gasteiger partial charge in [0.25, 0.3) is 56.0 Å². The number of benzene rings is 4. The molecule has 0 radical (unpaired) electrons. The Morgan fingerprint density at radius 2 is 0.973 bits per heavy atom. The topological polar surface area (TPSA) is 350 Å². The van der Waals surface area contributed by atoms with Crippen molar-refractivity contribution in [2.45, 2.75) is 78.4 Å². The van der Waals surface area contributed by atoms with Crippen molar-refractivity contribution in [3.63, 3.8) is 0 Å². The van der Waals surface area contributed by atoms with Gasteiger partial charge in [0, 0.05) is 113 Å². The van der Waals surface area contributed by atoms with E-state index in [4.69, 9.17) is 49.1 Å². The van der Waals surface area contributed by atoms with Crippen LogP contribution in [0.1, 0.15) is 85.1 Å². The van der Waals surface area contributed by atoms with Crippen LogP contribution in [0.3, 0.4) is 0 Å². The standard InChI is InChI=1S/C29H36N4O3S.C23H26N4O3S.C22H24N4O3S.4CH2O2/c1-30-12-8-21(9-13-30)23-4-6-27-25(18-23)26(22-10-14-31(2)15-11-22)20-33(27)37(34,35)24-5-7-28-29(19-24)36-17-16-32(28)3;1-16(28)26-13-9-18-14-19(5-6-22(18)26)31(29,30)27-15-21(17-7-11-25(2)12-8-17)20-4-3-10-24-23(20)27;1-24-10-7-16(8-11-24)18-15-26(19-4-3-9-23-22(18)19)30(27,28)17-5-6-21-20(14-17)25(2)12-13-29-21;4*2-1-3/h4-8,18-20,22H,9-17H2,1-3H3;3-6,10,14-15,17H,7-9,11-13H2,1-2H3;3-7,9,14-15H,8,10-13H2,1-2H3;4*1H,(H,2,3). The summed E-state index contributed by atoms with van der Waals surface area (Å²) in [5.41, 5.74) is 12.7. The van der Waals surface area contributed by atoms with E-state index < -0.39 is 30.1 Å². The van der Waals surface area contributed by atoms with Crippen LogP contribution in [-0.2, 0) is 60.5 Å². The van der Waals surface area contributed by atoms with Crippen LogP contribution in [-0.4, -0.2) is 246 Å². The first-order valence-electron chi connectivity index (χ1n) is 35.9. The molecule has 16 rings (SSSR count). The summed E-state index contributed by atoms with van der Waals surface area (Å²) in [7, 11) is 1.03. The number of carbonyl (C=O) groups is 5. The van der Waals surface area contributed by atoms with Crippen molar-refractivity contribution in [3.05, 3.63) is 168 Å². The maximum atomic E-state index is 14.1. The number of hydrogen-bond acceptors (Lipinski definition) is 21. The second kappa shape index (κ2) is 36.4. The highest BCUT2D eigenvalue weighted by molar-refractivity contribution is 7.90. The molecular weight excluding hydrogens is 1470 g/mol. The average Bonchev–Trinajstić information content (AvgIpc) is 1.60. The summed E-state index contributed by atoms with van der Waals surface area (Å²) in [6.07, 6.45) is 19.8. The van der Waals surface area contributed by atoms with Gasteiger partial charge in [-0.15, -0.1) is 0 Å². The smallest absolute Gasteiger partial charge is 0.290 e. The minimum atomic E-state index is -3.81. The second-order valence-corrected chi connectivity index (χ2v) is 33.1. The van der Waals surface area contributed by atoms with E-state index in [2.05, 4.69) is 86.9 Å². The molecule has 7 aliphatic heterocycles. The number of likely N-dealkylation sites (tertiary alicyclic amines) is 2. The number of aromatic nitrogens is 5. The minimum Gasteiger partial charge on any atom is -0.490 e. The summed E-state index contributed by atoms with van der Waals surface area (Å²) in [4.78, 5) is 70.0. The maximum absolute atomic E-state index is 14.1. The van der Waals surface area contributed by atoms with Gasteiger partial charge in [0.05, 0.1) is 55.7 Å². The predicted molar refractivity (Wildman–Crippen MR) is 422 cm³/mol. The molecule has 9 aromatic rings. The lowest BCUT2D eigenvalue weighted by Gasteiger charge is -2.29. The predicted octanol–water partition coefficient (Wildman–Crippen LogP) is 8.85. The summed E-state index contributed by atoms with van der Waals surface area (Å²) in [6.45, 7) is 11.6. The molecule has 12 heterocycles. The van der Waals surface area contributed by atoms with E-state index in [1.54, 1.807) is 84.3 Å². The number of piperidine rings is 2. The normalized spacial score (nSPS) is 17.0. The molecule has 0 unspecified atom stereocenters. The largest absolute Gasteiger partial charge is 0.490 e. The van der Waals surface area contributed by atoms with Crippen molar-refractivity contribution in [1.29, 1.82) is 0 Å². The zero-order valence-corrected chi connectivity index (χ0v) is 65.0. The van der Waals surface area contributed by atoms with Crippen LogP contribution in [0.5, 0.6) is 11.5 Å². The molecule has 110 heavy (non-hydrogen) atoms. The molecule has 0 saturated carbocycles. The molecule has 2 fully saturated rings. The third kappa shape index (κ3) is 18.0. The van der Waals surface area contributed by atoms with E-state index in [0.717, 1.165) is 171 Å². The van der Waals surface area contributed by atoms with Crippen molar-refractivity contribution in [3.8, 4) is 11.5 Å². The van der Waals surface area contributed by atoms with E-state index in [1.807, 2.05) is 55.5 Å². The Morgan fingerprint density at radius 3 is 1.56 bits per heavy atom. The lowest BCUT2D eigenvalue weighted by atomic mass is 9.88. The Kier molecular flexibility index (Phi) is 27.1. The van der Waals surface area contributed by atoms with Crippen LogP contribution in [0, 0.1) is 0 Å². The molecule has 586 valence electrons. The number of carboxylic acid groups (broad SMARTS) is 4. The lowest BCUT2D eigenvalue weighted by Crippen LogP contribution is -2.29. The fourth-order valence-corrected chi connectivity index (χ4v) is 19.0. The number of carbonyl (C=O) groups excluding carboxylic acids is 1. The number of hydrogen-bond donors (Lipinski definition) is 4. The molecule has 0 bridgehead atoms. The fourth-order valence-electron chi connectivity index (χ4n) is 14.9. The third-order valence-corrected chi connectivity index (χ3v) is 25.8. The lowest BCUT2D eigenvalue weighted by molar-refractivity contribution is -0.123. The van der Waals surface area contributed by atoms with E-state index in [-0.39, 0.29) is 46.5 Å². The highest BCUT2D eigenvalue weighted by atomic mass is 32.2. The summed E-state index contributed by atoms with van der Waals surface area (Å²) < 4.78 is 98.4. The van der Waals surface area contributed by atoms with Gasteiger partial charge in [0.15, 0.2) is 5.65 Å². The SMILES string of the molecule is CC(=O)N1CCc2cc(S(=O)(=O)n3cc(C4CCN(C)CC4)c4cccnc43)ccc21.CN1CC=C(c2ccc3c(c2)c(C2CCN(C)CC2)cn3S(=O)(=O)c2ccc3c(c2)OCCN3C)CC1.CN1CC=C(c2cn(S(=O)(=O)c3ccc4c(c3)N(C)CCO4)c3cccnc23)CC1.O=CO.O=CO.O=CO.O=CO. The first-order chi connectivity index (χ1) is 52.8. The monoisotopic (exact) mass is 1570 g/mol. The summed E-state index contributed by atoms with van der Waals surface area (Å²) >= 11 is 0. The Morgan fingerprint density at radius 1 is 0.473 bits per heavy atom. The Hall–Kier alpha value is -10.5. The van der Waals surface area contributed by atoms with Crippen molar-refractivity contribution < 1.29 is 79.1 Å². The summed E-state index contributed by atoms with van der Waals surface area (Å²) in [6, 6.07) is 29.1. The van der Waals surface area contributed by atoms with Gasteiger partial charge in [0.1, 0.15) is 24.7 Å². The zero-order chi connectivity index (χ0) is 79.2. The Labute approximate surface area is 640 Å². The summed E-state index contributed by atoms with van der Waals surface area (Å²) in [5.74, 6) is 1.97. The molecule has 5 aromatic heterocycles. The number of rotatable bonds is 10. The summed E-state index contributed by atoms with van der Waals surface area (Å²) in [5, 5.41) is 29.5. The molecule has 4 aromatic carbocycles. The van der Waals surface area contributed by atoms with Gasteiger partial charge in [0.2, 0.25) is 5.91 Å². The van der Waals surface area contributed by atoms with Crippen LogP contribution in [0.15, 0.2) is 155 Å². The van der Waals surface area contributed by atoms with E-state index >= 15 is 0 Å². The van der Waals surface area contributed by atoms with Crippen LogP contribution in [0.25, 0.3) is 44.1 Å². The van der Waals surface area contributed by atoms with Gasteiger partial charge in [-0.25, -0.2) is 42.2 Å². The van der Waals surface area contributed by atoms with Gasteiger partial charge in [-0.3, -0.25) is 29.0 Å². The van der Waals surface area contributed by atoms with E-state index in [0.29, 0.717) is 60.7 Å². The van der Waals surface area contributed by atoms with Crippen LogP contribution < -0.4 is 24.2 Å². The highest BCUT2D eigenvalue weighted by Gasteiger charge is 2.33. The van der Waals surface area contributed by atoms with Gasteiger partial charge in [-0.2, -0.15) is 0 Å². The third-order valence-electron chi connectivity index (χ3n) is 20.8.